The van der Waals surface area contributed by atoms with E-state index >= 15 is 0 Å². The standard InChI is InChI=1S/C24H30F3N3O4S/c1-33-23-14-19(35(31,32)30-8-6-18(7-9-30)28-10-12-34-13-11-28)4-5-22(23)29-15-20(17-2-3-17)21(16-29)24(25,26)27/h4-5,14-18H,2-3,6-13H2,1H3. The highest BCUT2D eigenvalue weighted by atomic mass is 32.2. The van der Waals surface area contributed by atoms with Crippen molar-refractivity contribution < 1.29 is 31.1 Å². The summed E-state index contributed by atoms with van der Waals surface area (Å²) in [6, 6.07) is 4.72. The minimum atomic E-state index is -4.45. The molecular formula is C24H30F3N3O4S. The maximum atomic E-state index is 13.6. The number of rotatable bonds is 6. The lowest BCUT2D eigenvalue weighted by Crippen LogP contribution is -2.50. The first kappa shape index (κ1) is 24.6. The van der Waals surface area contributed by atoms with Crippen LogP contribution in [0.1, 0.15) is 42.7 Å². The Morgan fingerprint density at radius 2 is 1.69 bits per heavy atom. The zero-order valence-electron chi connectivity index (χ0n) is 19.6. The predicted molar refractivity (Wildman–Crippen MR) is 123 cm³/mol. The van der Waals surface area contributed by atoms with Gasteiger partial charge in [-0.3, -0.25) is 4.90 Å². The number of nitrogens with zero attached hydrogens (tertiary/aromatic N) is 3. The van der Waals surface area contributed by atoms with Gasteiger partial charge < -0.3 is 14.0 Å². The second kappa shape index (κ2) is 9.42. The molecular weight excluding hydrogens is 483 g/mol. The molecule has 1 aliphatic carbocycles. The Kier molecular flexibility index (Phi) is 6.62. The predicted octanol–water partition coefficient (Wildman–Crippen LogP) is 3.87. The Labute approximate surface area is 203 Å². The number of ether oxygens (including phenoxy) is 2. The van der Waals surface area contributed by atoms with Crippen LogP contribution >= 0.6 is 0 Å². The van der Waals surface area contributed by atoms with Crippen LogP contribution in [0.2, 0.25) is 0 Å². The van der Waals surface area contributed by atoms with Gasteiger partial charge in [0.2, 0.25) is 10.0 Å². The van der Waals surface area contributed by atoms with E-state index in [2.05, 4.69) is 4.90 Å². The monoisotopic (exact) mass is 513 g/mol. The lowest BCUT2D eigenvalue weighted by atomic mass is 10.0. The first-order valence-electron chi connectivity index (χ1n) is 12.0. The average Bonchev–Trinajstić information content (AvgIpc) is 3.61. The fourth-order valence-corrected chi connectivity index (χ4v) is 6.62. The van der Waals surface area contributed by atoms with Crippen LogP contribution in [0.25, 0.3) is 5.69 Å². The molecule has 0 unspecified atom stereocenters. The number of sulfonamides is 1. The molecule has 1 saturated carbocycles. The SMILES string of the molecule is COc1cc(S(=O)(=O)N2CCC(N3CCOCC3)CC2)ccc1-n1cc(C2CC2)c(C(F)(F)F)c1. The van der Waals surface area contributed by atoms with Crippen LogP contribution in [0, 0.1) is 0 Å². The summed E-state index contributed by atoms with van der Waals surface area (Å²) in [5.41, 5.74) is -0.00356. The maximum absolute atomic E-state index is 13.6. The Bertz CT molecular complexity index is 1160. The molecule has 192 valence electrons. The van der Waals surface area contributed by atoms with Gasteiger partial charge >= 0.3 is 6.18 Å². The Morgan fingerprint density at radius 3 is 2.29 bits per heavy atom. The lowest BCUT2D eigenvalue weighted by Gasteiger charge is -2.39. The third kappa shape index (κ3) is 4.96. The summed E-state index contributed by atoms with van der Waals surface area (Å²) < 4.78 is 81.2. The van der Waals surface area contributed by atoms with E-state index < -0.39 is 21.8 Å². The van der Waals surface area contributed by atoms with Gasteiger partial charge in [0.1, 0.15) is 5.75 Å². The van der Waals surface area contributed by atoms with Crippen molar-refractivity contribution in [3.05, 3.63) is 41.7 Å². The Hall–Kier alpha value is -2.08. The Morgan fingerprint density at radius 1 is 1.00 bits per heavy atom. The van der Waals surface area contributed by atoms with Crippen LogP contribution in [0.5, 0.6) is 5.75 Å². The topological polar surface area (TPSA) is 64.0 Å². The van der Waals surface area contributed by atoms with Gasteiger partial charge in [-0.1, -0.05) is 0 Å². The van der Waals surface area contributed by atoms with Gasteiger partial charge in [-0.25, -0.2) is 8.42 Å². The van der Waals surface area contributed by atoms with Gasteiger partial charge in [-0.05, 0) is 49.3 Å². The minimum Gasteiger partial charge on any atom is -0.495 e. The molecule has 0 radical (unpaired) electrons. The molecule has 1 aromatic heterocycles. The van der Waals surface area contributed by atoms with Crippen molar-refractivity contribution in [3.63, 3.8) is 0 Å². The van der Waals surface area contributed by atoms with E-state index in [0.717, 1.165) is 45.0 Å². The summed E-state index contributed by atoms with van der Waals surface area (Å²) in [6.45, 7) is 4.00. The van der Waals surface area contributed by atoms with E-state index in [1.165, 1.54) is 40.4 Å². The van der Waals surface area contributed by atoms with Crippen molar-refractivity contribution in [1.29, 1.82) is 0 Å². The summed E-state index contributed by atoms with van der Waals surface area (Å²) >= 11 is 0. The van der Waals surface area contributed by atoms with Gasteiger partial charge in [0, 0.05) is 50.7 Å². The van der Waals surface area contributed by atoms with Crippen molar-refractivity contribution in [3.8, 4) is 11.4 Å². The molecule has 7 nitrogen and oxygen atoms in total. The molecule has 35 heavy (non-hydrogen) atoms. The molecule has 0 amide bonds. The summed E-state index contributed by atoms with van der Waals surface area (Å²) in [4.78, 5) is 2.45. The van der Waals surface area contributed by atoms with Crippen LogP contribution in [-0.2, 0) is 20.9 Å². The van der Waals surface area contributed by atoms with Crippen LogP contribution in [0.3, 0.4) is 0 Å². The fraction of sp³-hybridized carbons (Fsp3) is 0.583. The first-order valence-corrected chi connectivity index (χ1v) is 13.4. The van der Waals surface area contributed by atoms with Crippen LogP contribution in [-0.4, -0.2) is 74.7 Å². The number of piperidine rings is 1. The quantitative estimate of drug-likeness (QED) is 0.587. The summed E-state index contributed by atoms with van der Waals surface area (Å²) in [5.74, 6) is 0.124. The number of hydrogen-bond donors (Lipinski definition) is 0. The van der Waals surface area contributed by atoms with Gasteiger partial charge in [0.15, 0.2) is 0 Å². The third-order valence-electron chi connectivity index (χ3n) is 7.23. The molecule has 3 fully saturated rings. The summed E-state index contributed by atoms with van der Waals surface area (Å²) in [5, 5.41) is 0. The zero-order valence-corrected chi connectivity index (χ0v) is 20.4. The van der Waals surface area contributed by atoms with Crippen molar-refractivity contribution >= 4 is 10.0 Å². The van der Waals surface area contributed by atoms with E-state index in [-0.39, 0.29) is 22.1 Å². The highest BCUT2D eigenvalue weighted by Crippen LogP contribution is 2.47. The van der Waals surface area contributed by atoms with E-state index in [9.17, 15) is 21.6 Å². The van der Waals surface area contributed by atoms with E-state index in [0.29, 0.717) is 38.0 Å². The number of aromatic nitrogens is 1. The number of methoxy groups -OCH3 is 1. The van der Waals surface area contributed by atoms with E-state index in [4.69, 9.17) is 9.47 Å². The zero-order chi connectivity index (χ0) is 24.8. The molecule has 2 aliphatic heterocycles. The highest BCUT2D eigenvalue weighted by molar-refractivity contribution is 7.89. The lowest BCUT2D eigenvalue weighted by molar-refractivity contribution is -0.138. The van der Waals surface area contributed by atoms with Gasteiger partial charge in [-0.2, -0.15) is 17.5 Å². The molecule has 0 bridgehead atoms. The average molecular weight is 514 g/mol. The molecule has 3 heterocycles. The van der Waals surface area contributed by atoms with E-state index in [1.807, 2.05) is 0 Å². The van der Waals surface area contributed by atoms with Crippen molar-refractivity contribution in [2.75, 3.05) is 46.5 Å². The normalized spacial score (nSPS) is 21.4. The van der Waals surface area contributed by atoms with Crippen molar-refractivity contribution in [1.82, 2.24) is 13.8 Å². The molecule has 1 aromatic carbocycles. The molecule has 2 saturated heterocycles. The largest absolute Gasteiger partial charge is 0.495 e. The van der Waals surface area contributed by atoms with Gasteiger partial charge in [0.05, 0.1) is 36.5 Å². The number of benzene rings is 1. The van der Waals surface area contributed by atoms with Crippen LogP contribution in [0.15, 0.2) is 35.5 Å². The second-order valence-electron chi connectivity index (χ2n) is 9.42. The molecule has 5 rings (SSSR count). The molecule has 0 atom stereocenters. The third-order valence-corrected chi connectivity index (χ3v) is 9.13. The summed E-state index contributed by atoms with van der Waals surface area (Å²) in [7, 11) is -2.37. The smallest absolute Gasteiger partial charge is 0.418 e. The van der Waals surface area contributed by atoms with Crippen molar-refractivity contribution in [2.24, 2.45) is 0 Å². The molecule has 0 N–H and O–H groups in total. The second-order valence-corrected chi connectivity index (χ2v) is 11.4. The first-order chi connectivity index (χ1) is 16.7. The maximum Gasteiger partial charge on any atom is 0.418 e. The van der Waals surface area contributed by atoms with Crippen LogP contribution in [0.4, 0.5) is 13.2 Å². The number of halogens is 3. The number of alkyl halides is 3. The van der Waals surface area contributed by atoms with E-state index in [1.54, 1.807) is 0 Å². The highest BCUT2D eigenvalue weighted by Gasteiger charge is 2.40. The minimum absolute atomic E-state index is 0.0774. The molecule has 3 aliphatic rings. The van der Waals surface area contributed by atoms with Gasteiger partial charge in [-0.15, -0.1) is 0 Å². The fourth-order valence-electron chi connectivity index (χ4n) is 5.14. The van der Waals surface area contributed by atoms with Gasteiger partial charge in [0.25, 0.3) is 0 Å². The molecule has 2 aromatic rings. The summed E-state index contributed by atoms with van der Waals surface area (Å²) in [6.07, 6.45) is 1.09. The number of morpholine rings is 1. The molecule has 0 spiro atoms. The number of hydrogen-bond acceptors (Lipinski definition) is 5. The van der Waals surface area contributed by atoms with Crippen molar-refractivity contribution in [2.45, 2.75) is 48.7 Å². The van der Waals surface area contributed by atoms with Crippen LogP contribution < -0.4 is 4.74 Å². The Balaban J connectivity index is 1.37. The molecule has 11 heteroatoms.